The minimum absolute atomic E-state index is 0.946. The summed E-state index contributed by atoms with van der Waals surface area (Å²) in [6.07, 6.45) is 4.39. The molecular formula is C20H29N. The summed E-state index contributed by atoms with van der Waals surface area (Å²) in [4.78, 5) is 0. The average molecular weight is 283 g/mol. The van der Waals surface area contributed by atoms with Gasteiger partial charge >= 0.3 is 0 Å². The minimum atomic E-state index is 0.946. The van der Waals surface area contributed by atoms with Gasteiger partial charge in [0, 0.05) is 11.4 Å². The van der Waals surface area contributed by atoms with Crippen LogP contribution in [-0.4, -0.2) is 0 Å². The van der Waals surface area contributed by atoms with E-state index >= 15 is 0 Å². The summed E-state index contributed by atoms with van der Waals surface area (Å²) < 4.78 is 0. The van der Waals surface area contributed by atoms with E-state index in [4.69, 9.17) is 0 Å². The Morgan fingerprint density at radius 1 is 1.10 bits per heavy atom. The van der Waals surface area contributed by atoms with E-state index in [0.29, 0.717) is 0 Å². The quantitative estimate of drug-likeness (QED) is 0.590. The van der Waals surface area contributed by atoms with Gasteiger partial charge in [-0.3, -0.25) is 0 Å². The molecule has 114 valence electrons. The van der Waals surface area contributed by atoms with Crippen LogP contribution in [-0.2, 0) is 6.42 Å². The molecule has 1 aromatic rings. The zero-order valence-electron chi connectivity index (χ0n) is 14.1. The Labute approximate surface area is 130 Å². The lowest BCUT2D eigenvalue weighted by atomic mass is 10.0. The molecule has 0 aliphatic heterocycles. The van der Waals surface area contributed by atoms with Gasteiger partial charge in [0.15, 0.2) is 0 Å². The zero-order chi connectivity index (χ0) is 15.8. The molecule has 0 amide bonds. The lowest BCUT2D eigenvalue weighted by Gasteiger charge is -2.18. The highest BCUT2D eigenvalue weighted by Crippen LogP contribution is 2.20. The van der Waals surface area contributed by atoms with Crippen LogP contribution in [0.4, 0.5) is 0 Å². The van der Waals surface area contributed by atoms with Gasteiger partial charge < -0.3 is 5.32 Å². The van der Waals surface area contributed by atoms with Crippen LogP contribution < -0.4 is 5.32 Å². The van der Waals surface area contributed by atoms with Crippen molar-refractivity contribution >= 4 is 5.70 Å². The molecule has 0 fully saturated rings. The molecule has 0 spiro atoms. The zero-order valence-corrected chi connectivity index (χ0v) is 14.1. The summed E-state index contributed by atoms with van der Waals surface area (Å²) in [6, 6.07) is 8.62. The number of aryl methyl sites for hydroxylation is 1. The summed E-state index contributed by atoms with van der Waals surface area (Å²) in [7, 11) is 0. The van der Waals surface area contributed by atoms with Gasteiger partial charge in [0.1, 0.15) is 0 Å². The van der Waals surface area contributed by atoms with Crippen LogP contribution in [0.2, 0.25) is 0 Å². The van der Waals surface area contributed by atoms with E-state index in [1.807, 2.05) is 0 Å². The van der Waals surface area contributed by atoms with Crippen LogP contribution >= 0.6 is 0 Å². The van der Waals surface area contributed by atoms with Crippen LogP contribution in [0.1, 0.15) is 58.1 Å². The molecule has 0 saturated carbocycles. The van der Waals surface area contributed by atoms with Crippen molar-refractivity contribution in [3.05, 3.63) is 65.4 Å². The Morgan fingerprint density at radius 2 is 1.81 bits per heavy atom. The molecule has 0 aromatic heterocycles. The fourth-order valence-electron chi connectivity index (χ4n) is 2.42. The molecule has 1 heteroatoms. The first-order chi connectivity index (χ1) is 9.99. The van der Waals surface area contributed by atoms with Crippen LogP contribution in [0.5, 0.6) is 0 Å². The second-order valence-electron chi connectivity index (χ2n) is 5.78. The van der Waals surface area contributed by atoms with Crippen LogP contribution in [0.25, 0.3) is 5.70 Å². The second-order valence-corrected chi connectivity index (χ2v) is 5.78. The summed E-state index contributed by atoms with van der Waals surface area (Å²) in [5.74, 6) is 0. The third kappa shape index (κ3) is 5.26. The lowest BCUT2D eigenvalue weighted by Crippen LogP contribution is -2.14. The fourth-order valence-corrected chi connectivity index (χ4v) is 2.42. The molecule has 1 N–H and O–H groups in total. The predicted octanol–water partition coefficient (Wildman–Crippen LogP) is 5.85. The maximum atomic E-state index is 4.20. The average Bonchev–Trinajstić information content (AvgIpc) is 2.45. The molecule has 1 rings (SSSR count). The molecule has 0 radical (unpaired) electrons. The van der Waals surface area contributed by atoms with E-state index < -0.39 is 0 Å². The van der Waals surface area contributed by atoms with Crippen molar-refractivity contribution < 1.29 is 0 Å². The normalized spacial score (nSPS) is 10.1. The number of hydrogen-bond acceptors (Lipinski definition) is 1. The summed E-state index contributed by atoms with van der Waals surface area (Å²) >= 11 is 0. The van der Waals surface area contributed by atoms with E-state index in [9.17, 15) is 0 Å². The van der Waals surface area contributed by atoms with Gasteiger partial charge in [-0.05, 0) is 49.5 Å². The van der Waals surface area contributed by atoms with E-state index in [2.05, 4.69) is 70.4 Å². The SMILES string of the molecule is C=C(CCC)C(NC(=C)c1cccc(CCC)c1)=C(C)C. The van der Waals surface area contributed by atoms with E-state index in [-0.39, 0.29) is 0 Å². The number of hydrogen-bond donors (Lipinski definition) is 1. The molecule has 0 unspecified atom stereocenters. The first kappa shape index (κ1) is 17.3. The Morgan fingerprint density at radius 3 is 2.38 bits per heavy atom. The van der Waals surface area contributed by atoms with Crippen molar-refractivity contribution in [1.29, 1.82) is 0 Å². The van der Waals surface area contributed by atoms with Crippen molar-refractivity contribution in [3.63, 3.8) is 0 Å². The number of nitrogens with one attached hydrogen (secondary N) is 1. The molecular weight excluding hydrogens is 254 g/mol. The van der Waals surface area contributed by atoms with Gasteiger partial charge in [0.25, 0.3) is 0 Å². The van der Waals surface area contributed by atoms with Crippen molar-refractivity contribution in [2.75, 3.05) is 0 Å². The summed E-state index contributed by atoms with van der Waals surface area (Å²) in [5.41, 5.74) is 7.00. The van der Waals surface area contributed by atoms with Crippen molar-refractivity contribution in [3.8, 4) is 0 Å². The van der Waals surface area contributed by atoms with Crippen LogP contribution in [0.3, 0.4) is 0 Å². The van der Waals surface area contributed by atoms with E-state index in [1.165, 1.54) is 11.1 Å². The van der Waals surface area contributed by atoms with Gasteiger partial charge in [0.2, 0.25) is 0 Å². The minimum Gasteiger partial charge on any atom is -0.355 e. The van der Waals surface area contributed by atoms with Gasteiger partial charge in [-0.1, -0.05) is 63.6 Å². The Balaban J connectivity index is 2.90. The fraction of sp³-hybridized carbons (Fsp3) is 0.400. The smallest absolute Gasteiger partial charge is 0.0397 e. The molecule has 0 aliphatic carbocycles. The Bertz CT molecular complexity index is 531. The molecule has 21 heavy (non-hydrogen) atoms. The summed E-state index contributed by atoms with van der Waals surface area (Å²) in [6.45, 7) is 17.0. The Hall–Kier alpha value is -1.76. The molecule has 0 heterocycles. The molecule has 0 atom stereocenters. The predicted molar refractivity (Wildman–Crippen MR) is 95.0 cm³/mol. The van der Waals surface area contributed by atoms with Crippen LogP contribution in [0.15, 0.2) is 54.3 Å². The van der Waals surface area contributed by atoms with E-state index in [0.717, 1.165) is 48.2 Å². The van der Waals surface area contributed by atoms with Crippen molar-refractivity contribution in [1.82, 2.24) is 5.32 Å². The maximum Gasteiger partial charge on any atom is 0.0397 e. The van der Waals surface area contributed by atoms with Crippen LogP contribution in [0, 0.1) is 0 Å². The monoisotopic (exact) mass is 283 g/mol. The number of rotatable bonds is 8. The van der Waals surface area contributed by atoms with Gasteiger partial charge in [0.05, 0.1) is 0 Å². The van der Waals surface area contributed by atoms with Gasteiger partial charge in [-0.2, -0.15) is 0 Å². The molecule has 0 saturated heterocycles. The first-order valence-corrected chi connectivity index (χ1v) is 7.90. The number of benzene rings is 1. The standard InChI is InChI=1S/C20H29N/c1-7-10-16(5)20(15(3)4)21-17(6)19-13-9-12-18(14-19)11-8-2/h9,12-14,21H,5-8,10-11H2,1-4H3. The largest absolute Gasteiger partial charge is 0.355 e. The lowest BCUT2D eigenvalue weighted by molar-refractivity contribution is 0.883. The van der Waals surface area contributed by atoms with Crippen molar-refractivity contribution in [2.45, 2.75) is 53.4 Å². The van der Waals surface area contributed by atoms with E-state index in [1.54, 1.807) is 0 Å². The third-order valence-corrected chi connectivity index (χ3v) is 3.50. The van der Waals surface area contributed by atoms with Gasteiger partial charge in [-0.15, -0.1) is 0 Å². The van der Waals surface area contributed by atoms with Gasteiger partial charge in [-0.25, -0.2) is 0 Å². The summed E-state index contributed by atoms with van der Waals surface area (Å²) in [5, 5.41) is 3.47. The maximum absolute atomic E-state index is 4.20. The molecule has 0 aliphatic rings. The highest BCUT2D eigenvalue weighted by atomic mass is 14.9. The topological polar surface area (TPSA) is 12.0 Å². The molecule has 1 aromatic carbocycles. The highest BCUT2D eigenvalue weighted by molar-refractivity contribution is 5.65. The Kier molecular flexibility index (Phi) is 7.01. The molecule has 0 bridgehead atoms. The second kappa shape index (κ2) is 8.51. The van der Waals surface area contributed by atoms with Crippen molar-refractivity contribution in [2.24, 2.45) is 0 Å². The molecule has 1 nitrogen and oxygen atoms in total. The highest BCUT2D eigenvalue weighted by Gasteiger charge is 2.07. The number of allylic oxidation sites excluding steroid dienone is 2. The third-order valence-electron chi connectivity index (χ3n) is 3.50. The first-order valence-electron chi connectivity index (χ1n) is 7.90.